The Labute approximate surface area is 119 Å². The summed E-state index contributed by atoms with van der Waals surface area (Å²) >= 11 is 0. The maximum Gasteiger partial charge on any atom is 0.159 e. The normalized spacial score (nSPS) is 10.0. The maximum atomic E-state index is 8.76. The minimum Gasteiger partial charge on any atom is -0.490 e. The predicted octanol–water partition coefficient (Wildman–Crippen LogP) is 3.58. The molecule has 0 radical (unpaired) electrons. The lowest BCUT2D eigenvalue weighted by Gasteiger charge is -2.05. The molecule has 20 heavy (non-hydrogen) atoms. The van der Waals surface area contributed by atoms with Crippen LogP contribution >= 0.6 is 0 Å². The number of nitrogens with zero attached hydrogens (tertiary/aromatic N) is 3. The van der Waals surface area contributed by atoms with Crippen LogP contribution < -0.4 is 4.74 Å². The van der Waals surface area contributed by atoms with Crippen molar-refractivity contribution in [3.05, 3.63) is 42.2 Å². The Morgan fingerprint density at radius 3 is 2.40 bits per heavy atom. The molecule has 0 atom stereocenters. The number of nitriles is 1. The largest absolute Gasteiger partial charge is 0.490 e. The van der Waals surface area contributed by atoms with Gasteiger partial charge in [-0.05, 0) is 30.7 Å². The zero-order valence-electron chi connectivity index (χ0n) is 11.5. The summed E-state index contributed by atoms with van der Waals surface area (Å²) in [6, 6.07) is 9.29. The van der Waals surface area contributed by atoms with Gasteiger partial charge in [-0.3, -0.25) is 0 Å². The zero-order valence-corrected chi connectivity index (χ0v) is 11.5. The average Bonchev–Trinajstić information content (AvgIpc) is 2.52. The number of benzene rings is 1. The summed E-state index contributed by atoms with van der Waals surface area (Å²) in [7, 11) is 0. The van der Waals surface area contributed by atoms with E-state index in [1.807, 2.05) is 12.1 Å². The molecule has 0 amide bonds. The molecular weight excluding hydrogens is 250 g/mol. The van der Waals surface area contributed by atoms with E-state index < -0.39 is 0 Å². The standard InChI is InChI=1S/C16H17N3O/c1-2-3-4-9-20-15-11-18-16(19-12-15)14-7-5-13(10-17)6-8-14/h5-8,11-12H,2-4,9H2,1H3. The summed E-state index contributed by atoms with van der Waals surface area (Å²) in [4.78, 5) is 8.57. The lowest BCUT2D eigenvalue weighted by molar-refractivity contribution is 0.304. The van der Waals surface area contributed by atoms with E-state index in [2.05, 4.69) is 23.0 Å². The van der Waals surface area contributed by atoms with Crippen molar-refractivity contribution in [3.63, 3.8) is 0 Å². The van der Waals surface area contributed by atoms with Crippen LogP contribution in [-0.2, 0) is 0 Å². The molecule has 0 saturated heterocycles. The van der Waals surface area contributed by atoms with E-state index in [-0.39, 0.29) is 0 Å². The molecule has 0 aliphatic rings. The molecule has 0 N–H and O–H groups in total. The molecule has 0 spiro atoms. The van der Waals surface area contributed by atoms with Crippen LogP contribution in [0.5, 0.6) is 5.75 Å². The number of hydrogen-bond donors (Lipinski definition) is 0. The molecule has 1 aromatic carbocycles. The smallest absolute Gasteiger partial charge is 0.159 e. The fraction of sp³-hybridized carbons (Fsp3) is 0.312. The third-order valence-corrected chi connectivity index (χ3v) is 2.92. The topological polar surface area (TPSA) is 58.8 Å². The predicted molar refractivity (Wildman–Crippen MR) is 77.2 cm³/mol. The first kappa shape index (κ1) is 14.0. The Morgan fingerprint density at radius 1 is 1.10 bits per heavy atom. The number of ether oxygens (including phenoxy) is 1. The third kappa shape index (κ3) is 3.79. The fourth-order valence-electron chi connectivity index (χ4n) is 1.78. The van der Waals surface area contributed by atoms with E-state index in [0.717, 1.165) is 12.0 Å². The Bertz CT molecular complexity index is 570. The van der Waals surface area contributed by atoms with Crippen molar-refractivity contribution >= 4 is 0 Å². The van der Waals surface area contributed by atoms with E-state index in [0.29, 0.717) is 23.7 Å². The van der Waals surface area contributed by atoms with Crippen molar-refractivity contribution in [1.82, 2.24) is 9.97 Å². The Balaban J connectivity index is 1.98. The van der Waals surface area contributed by atoms with Crippen molar-refractivity contribution in [2.24, 2.45) is 0 Å². The molecule has 0 bridgehead atoms. The fourth-order valence-corrected chi connectivity index (χ4v) is 1.78. The number of rotatable bonds is 6. The molecule has 1 heterocycles. The van der Waals surface area contributed by atoms with E-state index in [1.54, 1.807) is 24.5 Å². The van der Waals surface area contributed by atoms with Gasteiger partial charge in [-0.15, -0.1) is 0 Å². The van der Waals surface area contributed by atoms with Gasteiger partial charge < -0.3 is 4.74 Å². The maximum absolute atomic E-state index is 8.76. The van der Waals surface area contributed by atoms with Crippen LogP contribution in [0.2, 0.25) is 0 Å². The summed E-state index contributed by atoms with van der Waals surface area (Å²) in [6.45, 7) is 2.86. The highest BCUT2D eigenvalue weighted by Gasteiger charge is 2.02. The van der Waals surface area contributed by atoms with Crippen LogP contribution in [0, 0.1) is 11.3 Å². The van der Waals surface area contributed by atoms with E-state index in [9.17, 15) is 0 Å². The first-order valence-corrected chi connectivity index (χ1v) is 6.79. The summed E-state index contributed by atoms with van der Waals surface area (Å²) in [6.07, 6.45) is 6.77. The van der Waals surface area contributed by atoms with Gasteiger partial charge in [-0.1, -0.05) is 19.8 Å². The molecule has 2 aromatic rings. The highest BCUT2D eigenvalue weighted by Crippen LogP contribution is 2.17. The van der Waals surface area contributed by atoms with Crippen molar-refractivity contribution in [2.75, 3.05) is 6.61 Å². The summed E-state index contributed by atoms with van der Waals surface area (Å²) in [5, 5.41) is 8.76. The third-order valence-electron chi connectivity index (χ3n) is 2.92. The monoisotopic (exact) mass is 267 g/mol. The van der Waals surface area contributed by atoms with Gasteiger partial charge in [0, 0.05) is 5.56 Å². The highest BCUT2D eigenvalue weighted by atomic mass is 16.5. The first-order chi connectivity index (χ1) is 9.83. The molecule has 0 fully saturated rings. The Morgan fingerprint density at radius 2 is 1.80 bits per heavy atom. The van der Waals surface area contributed by atoms with E-state index in [4.69, 9.17) is 10.00 Å². The van der Waals surface area contributed by atoms with Gasteiger partial charge in [-0.25, -0.2) is 9.97 Å². The summed E-state index contributed by atoms with van der Waals surface area (Å²) < 4.78 is 5.57. The van der Waals surface area contributed by atoms with Crippen molar-refractivity contribution < 1.29 is 4.74 Å². The van der Waals surface area contributed by atoms with Gasteiger partial charge in [0.1, 0.15) is 0 Å². The van der Waals surface area contributed by atoms with Gasteiger partial charge >= 0.3 is 0 Å². The summed E-state index contributed by atoms with van der Waals surface area (Å²) in [5.41, 5.74) is 1.52. The molecule has 0 aliphatic carbocycles. The second-order valence-corrected chi connectivity index (χ2v) is 4.49. The van der Waals surface area contributed by atoms with E-state index >= 15 is 0 Å². The van der Waals surface area contributed by atoms with Gasteiger partial charge in [0.15, 0.2) is 11.6 Å². The van der Waals surface area contributed by atoms with Crippen LogP contribution in [0.1, 0.15) is 31.7 Å². The minimum absolute atomic E-state index is 0.629. The lowest BCUT2D eigenvalue weighted by atomic mass is 10.1. The van der Waals surface area contributed by atoms with Crippen molar-refractivity contribution in [1.29, 1.82) is 5.26 Å². The SMILES string of the molecule is CCCCCOc1cnc(-c2ccc(C#N)cc2)nc1. The van der Waals surface area contributed by atoms with Gasteiger partial charge in [0.05, 0.1) is 30.6 Å². The molecule has 0 saturated carbocycles. The summed E-state index contributed by atoms with van der Waals surface area (Å²) in [5.74, 6) is 1.33. The number of hydrogen-bond acceptors (Lipinski definition) is 4. The first-order valence-electron chi connectivity index (χ1n) is 6.79. The molecule has 4 nitrogen and oxygen atoms in total. The minimum atomic E-state index is 0.629. The molecule has 0 unspecified atom stereocenters. The molecule has 4 heteroatoms. The lowest BCUT2D eigenvalue weighted by Crippen LogP contribution is -1.98. The molecular formula is C16H17N3O. The second-order valence-electron chi connectivity index (χ2n) is 4.49. The zero-order chi connectivity index (χ0) is 14.2. The van der Waals surface area contributed by atoms with Crippen molar-refractivity contribution in [2.45, 2.75) is 26.2 Å². The second kappa shape index (κ2) is 7.25. The van der Waals surface area contributed by atoms with Crippen LogP contribution in [0.4, 0.5) is 0 Å². The van der Waals surface area contributed by atoms with Crippen LogP contribution in [-0.4, -0.2) is 16.6 Å². The van der Waals surface area contributed by atoms with Crippen LogP contribution in [0.3, 0.4) is 0 Å². The number of unbranched alkanes of at least 4 members (excludes halogenated alkanes) is 2. The number of aromatic nitrogens is 2. The molecule has 102 valence electrons. The van der Waals surface area contributed by atoms with Gasteiger partial charge in [-0.2, -0.15) is 5.26 Å². The van der Waals surface area contributed by atoms with Crippen LogP contribution in [0.25, 0.3) is 11.4 Å². The van der Waals surface area contributed by atoms with Gasteiger partial charge in [0.2, 0.25) is 0 Å². The quantitative estimate of drug-likeness (QED) is 0.750. The molecule has 1 aromatic heterocycles. The molecule has 2 rings (SSSR count). The van der Waals surface area contributed by atoms with E-state index in [1.165, 1.54) is 12.8 Å². The Hall–Kier alpha value is -2.41. The Kier molecular flexibility index (Phi) is 5.08. The highest BCUT2D eigenvalue weighted by molar-refractivity contribution is 5.56. The van der Waals surface area contributed by atoms with Crippen molar-refractivity contribution in [3.8, 4) is 23.2 Å². The van der Waals surface area contributed by atoms with Gasteiger partial charge in [0.25, 0.3) is 0 Å². The molecule has 0 aliphatic heterocycles. The van der Waals surface area contributed by atoms with Crippen LogP contribution in [0.15, 0.2) is 36.7 Å². The average molecular weight is 267 g/mol.